The number of amides is 2. The van der Waals surface area contributed by atoms with Crippen LogP contribution in [-0.4, -0.2) is 52.4 Å². The summed E-state index contributed by atoms with van der Waals surface area (Å²) in [6.45, 7) is 0.820. The number of nitrogens with one attached hydrogen (secondary N) is 1. The van der Waals surface area contributed by atoms with E-state index >= 15 is 0 Å². The summed E-state index contributed by atoms with van der Waals surface area (Å²) in [6.07, 6.45) is 2.43. The molecule has 1 atom stereocenters. The van der Waals surface area contributed by atoms with Gasteiger partial charge in [0.1, 0.15) is 6.10 Å². The average Bonchev–Trinajstić information content (AvgIpc) is 3.10. The SMILES string of the molecule is O=C(NCC(=O)N1CC[C@@H](Oc2ncc(F)cn2)C1)c1ccccc1. The average molecular weight is 344 g/mol. The second-order valence-electron chi connectivity index (χ2n) is 5.60. The van der Waals surface area contributed by atoms with Crippen molar-refractivity contribution in [3.63, 3.8) is 0 Å². The molecule has 0 unspecified atom stereocenters. The van der Waals surface area contributed by atoms with Gasteiger partial charge in [-0.25, -0.2) is 14.4 Å². The van der Waals surface area contributed by atoms with Gasteiger partial charge in [-0.05, 0) is 12.1 Å². The standard InChI is InChI=1S/C17H17FN4O3/c18-13-8-20-17(21-9-13)25-14-6-7-22(11-14)15(23)10-19-16(24)12-4-2-1-3-5-12/h1-5,8-9,14H,6-7,10-11H2,(H,19,24)/t14-/m1/s1. The number of carbonyl (C=O) groups is 2. The number of rotatable bonds is 5. The van der Waals surface area contributed by atoms with Crippen LogP contribution in [0.25, 0.3) is 0 Å². The van der Waals surface area contributed by atoms with E-state index in [1.54, 1.807) is 29.2 Å². The van der Waals surface area contributed by atoms with Crippen LogP contribution in [0.2, 0.25) is 0 Å². The summed E-state index contributed by atoms with van der Waals surface area (Å²) >= 11 is 0. The normalized spacial score (nSPS) is 16.5. The topological polar surface area (TPSA) is 84.4 Å². The van der Waals surface area contributed by atoms with Gasteiger partial charge in [0, 0.05) is 18.5 Å². The van der Waals surface area contributed by atoms with Gasteiger partial charge in [0.05, 0.1) is 25.5 Å². The quantitative estimate of drug-likeness (QED) is 0.876. The van der Waals surface area contributed by atoms with Gasteiger partial charge >= 0.3 is 6.01 Å². The Kier molecular flexibility index (Phi) is 5.17. The first-order valence-corrected chi connectivity index (χ1v) is 7.87. The molecule has 1 aromatic carbocycles. The fourth-order valence-corrected chi connectivity index (χ4v) is 2.52. The van der Waals surface area contributed by atoms with Gasteiger partial charge in [-0.15, -0.1) is 0 Å². The molecular weight excluding hydrogens is 327 g/mol. The predicted molar refractivity (Wildman–Crippen MR) is 86.4 cm³/mol. The van der Waals surface area contributed by atoms with Crippen LogP contribution in [0.4, 0.5) is 4.39 Å². The molecule has 1 fully saturated rings. The van der Waals surface area contributed by atoms with E-state index < -0.39 is 5.82 Å². The zero-order valence-electron chi connectivity index (χ0n) is 13.4. The molecule has 0 radical (unpaired) electrons. The summed E-state index contributed by atoms with van der Waals surface area (Å²) in [4.78, 5) is 33.2. The van der Waals surface area contributed by atoms with E-state index in [1.165, 1.54) is 0 Å². The Hall–Kier alpha value is -3.03. The number of hydrogen-bond donors (Lipinski definition) is 1. The molecule has 1 aliphatic heterocycles. The highest BCUT2D eigenvalue weighted by molar-refractivity contribution is 5.96. The Morgan fingerprint density at radius 2 is 1.96 bits per heavy atom. The van der Waals surface area contributed by atoms with Crippen molar-refractivity contribution in [3.8, 4) is 6.01 Å². The maximum Gasteiger partial charge on any atom is 0.316 e. The van der Waals surface area contributed by atoms with Gasteiger partial charge in [-0.1, -0.05) is 18.2 Å². The largest absolute Gasteiger partial charge is 0.458 e. The fraction of sp³-hybridized carbons (Fsp3) is 0.294. The first-order valence-electron chi connectivity index (χ1n) is 7.87. The number of likely N-dealkylation sites (tertiary alicyclic amines) is 1. The minimum absolute atomic E-state index is 0.0759. The third-order valence-electron chi connectivity index (χ3n) is 3.80. The van der Waals surface area contributed by atoms with Gasteiger partial charge in [-0.3, -0.25) is 9.59 Å². The van der Waals surface area contributed by atoms with E-state index in [4.69, 9.17) is 4.74 Å². The lowest BCUT2D eigenvalue weighted by Crippen LogP contribution is -2.39. The zero-order valence-corrected chi connectivity index (χ0v) is 13.4. The van der Waals surface area contributed by atoms with Crippen LogP contribution in [-0.2, 0) is 4.79 Å². The second kappa shape index (κ2) is 7.69. The number of hydrogen-bond acceptors (Lipinski definition) is 5. The van der Waals surface area contributed by atoms with E-state index in [-0.39, 0.29) is 30.5 Å². The van der Waals surface area contributed by atoms with E-state index in [9.17, 15) is 14.0 Å². The maximum atomic E-state index is 12.8. The molecule has 2 aromatic rings. The zero-order chi connectivity index (χ0) is 17.6. The monoisotopic (exact) mass is 344 g/mol. The summed E-state index contributed by atoms with van der Waals surface area (Å²) in [5.74, 6) is -1.01. The minimum Gasteiger partial charge on any atom is -0.458 e. The molecule has 25 heavy (non-hydrogen) atoms. The summed E-state index contributed by atoms with van der Waals surface area (Å²) in [6, 6.07) is 8.78. The van der Waals surface area contributed by atoms with Gasteiger partial charge in [0.2, 0.25) is 5.91 Å². The third kappa shape index (κ3) is 4.50. The summed E-state index contributed by atoms with van der Waals surface area (Å²) in [5, 5.41) is 2.61. The number of aromatic nitrogens is 2. The van der Waals surface area contributed by atoms with Crippen molar-refractivity contribution in [1.29, 1.82) is 0 Å². The molecule has 1 saturated heterocycles. The van der Waals surface area contributed by atoms with Gasteiger partial charge in [-0.2, -0.15) is 0 Å². The summed E-state index contributed by atoms with van der Waals surface area (Å²) < 4.78 is 18.3. The number of benzene rings is 1. The lowest BCUT2D eigenvalue weighted by molar-refractivity contribution is -0.129. The molecule has 3 rings (SSSR count). The van der Waals surface area contributed by atoms with Crippen LogP contribution in [0.3, 0.4) is 0 Å². The number of ether oxygens (including phenoxy) is 1. The Labute approximate surface area is 143 Å². The number of nitrogens with zero attached hydrogens (tertiary/aromatic N) is 3. The van der Waals surface area contributed by atoms with E-state index in [1.807, 2.05) is 6.07 Å². The Bertz CT molecular complexity index is 739. The molecule has 2 heterocycles. The molecule has 8 heteroatoms. The molecule has 0 bridgehead atoms. The van der Waals surface area contributed by atoms with Crippen molar-refractivity contribution >= 4 is 11.8 Å². The smallest absolute Gasteiger partial charge is 0.316 e. The highest BCUT2D eigenvalue weighted by Crippen LogP contribution is 2.15. The minimum atomic E-state index is -0.537. The van der Waals surface area contributed by atoms with Crippen molar-refractivity contribution in [1.82, 2.24) is 20.2 Å². The highest BCUT2D eigenvalue weighted by atomic mass is 19.1. The third-order valence-corrected chi connectivity index (χ3v) is 3.80. The summed E-state index contributed by atoms with van der Waals surface area (Å²) in [7, 11) is 0. The molecule has 1 aromatic heterocycles. The number of carbonyl (C=O) groups excluding carboxylic acids is 2. The van der Waals surface area contributed by atoms with E-state index in [2.05, 4.69) is 15.3 Å². The molecule has 1 N–H and O–H groups in total. The fourth-order valence-electron chi connectivity index (χ4n) is 2.52. The van der Waals surface area contributed by atoms with Gasteiger partial charge < -0.3 is 15.0 Å². The van der Waals surface area contributed by atoms with Crippen LogP contribution in [0.5, 0.6) is 6.01 Å². The molecule has 0 aliphatic carbocycles. The molecule has 0 spiro atoms. The molecule has 0 saturated carbocycles. The van der Waals surface area contributed by atoms with Crippen molar-refractivity contribution in [2.75, 3.05) is 19.6 Å². The highest BCUT2D eigenvalue weighted by Gasteiger charge is 2.28. The first kappa shape index (κ1) is 16.8. The molecule has 130 valence electrons. The van der Waals surface area contributed by atoms with Crippen molar-refractivity contribution < 1.29 is 18.7 Å². The second-order valence-corrected chi connectivity index (χ2v) is 5.60. The van der Waals surface area contributed by atoms with Crippen molar-refractivity contribution in [2.24, 2.45) is 0 Å². The van der Waals surface area contributed by atoms with Crippen LogP contribution in [0, 0.1) is 5.82 Å². The first-order chi connectivity index (χ1) is 12.1. The maximum absolute atomic E-state index is 12.8. The Morgan fingerprint density at radius 3 is 2.68 bits per heavy atom. The van der Waals surface area contributed by atoms with Gasteiger partial charge in [0.15, 0.2) is 5.82 Å². The van der Waals surface area contributed by atoms with Gasteiger partial charge in [0.25, 0.3) is 5.91 Å². The lowest BCUT2D eigenvalue weighted by atomic mass is 10.2. The molecule has 1 aliphatic rings. The van der Waals surface area contributed by atoms with Crippen LogP contribution >= 0.6 is 0 Å². The number of halogens is 1. The Balaban J connectivity index is 1.46. The molecule has 2 amide bonds. The molecular formula is C17H17FN4O3. The van der Waals surface area contributed by atoms with Crippen LogP contribution < -0.4 is 10.1 Å². The summed E-state index contributed by atoms with van der Waals surface area (Å²) in [5.41, 5.74) is 0.506. The van der Waals surface area contributed by atoms with Crippen LogP contribution in [0.15, 0.2) is 42.7 Å². The van der Waals surface area contributed by atoms with Crippen LogP contribution in [0.1, 0.15) is 16.8 Å². The lowest BCUT2D eigenvalue weighted by Gasteiger charge is -2.17. The van der Waals surface area contributed by atoms with E-state index in [0.29, 0.717) is 25.1 Å². The van der Waals surface area contributed by atoms with E-state index in [0.717, 1.165) is 12.4 Å². The van der Waals surface area contributed by atoms with Crippen molar-refractivity contribution in [3.05, 3.63) is 54.1 Å². The predicted octanol–water partition coefficient (Wildman–Crippen LogP) is 1.03. The Morgan fingerprint density at radius 1 is 1.24 bits per heavy atom. The molecule has 7 nitrogen and oxygen atoms in total. The van der Waals surface area contributed by atoms with Crippen molar-refractivity contribution in [2.45, 2.75) is 12.5 Å².